The number of nitrogens with zero attached hydrogens (tertiary/aromatic N) is 2. The molecule has 6 bridgehead atoms. The van der Waals surface area contributed by atoms with E-state index in [1.807, 2.05) is 0 Å². The van der Waals surface area contributed by atoms with Gasteiger partial charge in [-0.25, -0.2) is 0 Å². The second-order valence-electron chi connectivity index (χ2n) is 12.9. The number of hydrogen-bond donors (Lipinski definition) is 2. The Bertz CT molecular complexity index is 579. The van der Waals surface area contributed by atoms with Gasteiger partial charge in [-0.05, 0) is 84.5 Å². The predicted octanol–water partition coefficient (Wildman–Crippen LogP) is 1.35. The average Bonchev–Trinajstić information content (AvgIpc) is 3.21. The van der Waals surface area contributed by atoms with Crippen LogP contribution in [0.5, 0.6) is 0 Å². The van der Waals surface area contributed by atoms with Crippen molar-refractivity contribution in [2.75, 3.05) is 0 Å². The summed E-state index contributed by atoms with van der Waals surface area (Å²) in [4.78, 5) is 0. The fourth-order valence-electron chi connectivity index (χ4n) is 9.46. The zero-order chi connectivity index (χ0) is 18.9. The minimum atomic E-state index is 0.302. The zero-order valence-corrected chi connectivity index (χ0v) is 18.4. The van der Waals surface area contributed by atoms with Crippen LogP contribution in [0.25, 0.3) is 0 Å². The maximum absolute atomic E-state index is 2.82. The number of rotatable bonds is 0. The highest BCUT2D eigenvalue weighted by Gasteiger charge is 2.73. The second-order valence-corrected chi connectivity index (χ2v) is 12.9. The quantitative estimate of drug-likeness (QED) is 0.628. The van der Waals surface area contributed by atoms with Crippen LogP contribution in [0.2, 0.25) is 0 Å². The number of hydrogen-bond acceptors (Lipinski definition) is 2. The monoisotopic (exact) mass is 374 g/mol. The molecule has 0 spiro atoms. The van der Waals surface area contributed by atoms with Gasteiger partial charge in [0.05, 0.1) is 23.2 Å². The molecule has 0 aromatic carbocycles. The van der Waals surface area contributed by atoms with Crippen molar-refractivity contribution in [3.63, 3.8) is 0 Å². The molecule has 8 fully saturated rings. The molecular weight excluding hydrogens is 332 g/mol. The van der Waals surface area contributed by atoms with Gasteiger partial charge in [-0.2, -0.15) is 0 Å². The van der Waals surface area contributed by atoms with Crippen LogP contribution < -0.4 is 10.9 Å². The van der Waals surface area contributed by atoms with Crippen molar-refractivity contribution in [3.05, 3.63) is 0 Å². The molecule has 4 heterocycles. The third kappa shape index (κ3) is 2.19. The fourth-order valence-corrected chi connectivity index (χ4v) is 9.46. The molecule has 4 nitrogen and oxygen atoms in total. The highest BCUT2D eigenvalue weighted by Crippen LogP contribution is 2.67. The normalized spacial score (nSPS) is 54.4. The van der Waals surface area contributed by atoms with Crippen LogP contribution in [0.3, 0.4) is 0 Å². The topological polar surface area (TPSA) is 39.7 Å². The zero-order valence-electron chi connectivity index (χ0n) is 18.4. The SMILES string of the molecule is CC(C)(C)N1[NH2+][C@@H]2CC[C@H]1[C@H]1[C@H]3C[C@@H]([C@H]12)[C@H]1[C@@H]3[C@H]2CC[C@@H]1N(C(C)(C)C)[NH2+]2. The lowest BCUT2D eigenvalue weighted by Crippen LogP contribution is -3.09. The largest absolute Gasteiger partial charge is 0.263 e. The summed E-state index contributed by atoms with van der Waals surface area (Å²) in [5.41, 5.74) is 6.05. The van der Waals surface area contributed by atoms with E-state index in [9.17, 15) is 0 Å². The summed E-state index contributed by atoms with van der Waals surface area (Å²) < 4.78 is 0. The standard InChI is InChI=1S/C23H40N4/c1-22(2,3)26-16-9-7-14(24-26)18-13-11-12(20(16)18)19-15-8-10-17(21(13)19)27(25-15)23(4,5)6/h12-21,24-25H,7-11H2,1-6H3/p+2/t12-,13-,14+,15+,16-,17-,18-,19-,20+,21+/m0/s1. The minimum absolute atomic E-state index is 0.302. The van der Waals surface area contributed by atoms with Crippen molar-refractivity contribution >= 4 is 0 Å². The van der Waals surface area contributed by atoms with Crippen molar-refractivity contribution in [1.29, 1.82) is 0 Å². The first kappa shape index (κ1) is 17.7. The van der Waals surface area contributed by atoms with E-state index in [0.717, 1.165) is 59.7 Å². The van der Waals surface area contributed by atoms with Gasteiger partial charge in [-0.15, -0.1) is 10.0 Å². The Kier molecular flexibility index (Phi) is 3.47. The Morgan fingerprint density at radius 3 is 1.37 bits per heavy atom. The summed E-state index contributed by atoms with van der Waals surface area (Å²) in [5.74, 6) is 6.12. The van der Waals surface area contributed by atoms with Gasteiger partial charge in [0.15, 0.2) is 0 Å². The molecule has 0 radical (unpaired) electrons. The molecule has 4 aliphatic heterocycles. The molecule has 10 atom stereocenters. The molecule has 8 aliphatic rings. The van der Waals surface area contributed by atoms with Crippen molar-refractivity contribution in [3.8, 4) is 0 Å². The second kappa shape index (κ2) is 5.30. The first-order valence-electron chi connectivity index (χ1n) is 11.9. The fraction of sp³-hybridized carbons (Fsp3) is 1.00. The van der Waals surface area contributed by atoms with Gasteiger partial charge in [0.1, 0.15) is 12.1 Å². The van der Waals surface area contributed by atoms with E-state index in [4.69, 9.17) is 0 Å². The van der Waals surface area contributed by atoms with E-state index < -0.39 is 0 Å². The molecule has 0 aromatic heterocycles. The van der Waals surface area contributed by atoms with E-state index in [0.29, 0.717) is 11.1 Å². The molecule has 0 amide bonds. The molecular formula is C23H42N4+2. The van der Waals surface area contributed by atoms with Gasteiger partial charge in [-0.1, -0.05) is 0 Å². The molecule has 4 aliphatic carbocycles. The predicted molar refractivity (Wildman–Crippen MR) is 106 cm³/mol. The first-order chi connectivity index (χ1) is 12.7. The minimum Gasteiger partial charge on any atom is -0.263 e. The molecule has 4 saturated heterocycles. The summed E-state index contributed by atoms with van der Waals surface area (Å²) in [5, 5.41) is 5.65. The molecule has 4 N–H and O–H groups in total. The lowest BCUT2D eigenvalue weighted by atomic mass is 9.53. The van der Waals surface area contributed by atoms with Gasteiger partial charge in [0.25, 0.3) is 0 Å². The molecule has 0 aromatic rings. The number of quaternary nitrogens is 2. The summed E-state index contributed by atoms with van der Waals surface area (Å²) in [6, 6.07) is 3.44. The van der Waals surface area contributed by atoms with Gasteiger partial charge in [0, 0.05) is 24.7 Å². The van der Waals surface area contributed by atoms with E-state index in [-0.39, 0.29) is 0 Å². The maximum atomic E-state index is 2.82. The van der Waals surface area contributed by atoms with Gasteiger partial charge in [-0.3, -0.25) is 10.9 Å². The van der Waals surface area contributed by atoms with Gasteiger partial charge in [0.2, 0.25) is 0 Å². The van der Waals surface area contributed by atoms with Gasteiger partial charge >= 0.3 is 0 Å². The van der Waals surface area contributed by atoms with Crippen molar-refractivity contribution < 1.29 is 10.9 Å². The average molecular weight is 375 g/mol. The molecule has 4 heteroatoms. The van der Waals surface area contributed by atoms with Crippen LogP contribution in [-0.2, 0) is 0 Å². The summed E-state index contributed by atoms with van der Waals surface area (Å²) in [6.07, 6.45) is 7.45. The van der Waals surface area contributed by atoms with E-state index in [1.54, 1.807) is 6.42 Å². The van der Waals surface area contributed by atoms with Crippen LogP contribution >= 0.6 is 0 Å². The van der Waals surface area contributed by atoms with Crippen LogP contribution in [0, 0.1) is 35.5 Å². The van der Waals surface area contributed by atoms with Gasteiger partial charge < -0.3 is 0 Å². The Hall–Kier alpha value is -0.160. The molecule has 0 unspecified atom stereocenters. The third-order valence-corrected chi connectivity index (χ3v) is 9.85. The lowest BCUT2D eigenvalue weighted by Gasteiger charge is -2.63. The highest BCUT2D eigenvalue weighted by atomic mass is 15.6. The van der Waals surface area contributed by atoms with E-state index in [1.165, 1.54) is 25.7 Å². The van der Waals surface area contributed by atoms with Crippen molar-refractivity contribution in [1.82, 2.24) is 10.0 Å². The van der Waals surface area contributed by atoms with Crippen molar-refractivity contribution in [2.24, 2.45) is 35.5 Å². The van der Waals surface area contributed by atoms with Crippen LogP contribution in [0.1, 0.15) is 73.6 Å². The Morgan fingerprint density at radius 2 is 1.00 bits per heavy atom. The Labute approximate surface area is 165 Å². The first-order valence-corrected chi connectivity index (χ1v) is 11.9. The summed E-state index contributed by atoms with van der Waals surface area (Å²) in [6.45, 7) is 14.6. The van der Waals surface area contributed by atoms with Crippen LogP contribution in [0.4, 0.5) is 0 Å². The van der Waals surface area contributed by atoms with E-state index in [2.05, 4.69) is 62.4 Å². The number of fused-ring (bicyclic) bond motifs is 6. The Balaban J connectivity index is 1.35. The van der Waals surface area contributed by atoms with Crippen molar-refractivity contribution in [2.45, 2.75) is 109 Å². The van der Waals surface area contributed by atoms with Crippen LogP contribution in [-0.4, -0.2) is 45.3 Å². The maximum Gasteiger partial charge on any atom is 0.107 e. The Morgan fingerprint density at radius 1 is 0.593 bits per heavy atom. The molecule has 4 saturated carbocycles. The summed E-state index contributed by atoms with van der Waals surface area (Å²) >= 11 is 0. The smallest absolute Gasteiger partial charge is 0.107 e. The molecule has 152 valence electrons. The molecule has 27 heavy (non-hydrogen) atoms. The number of nitrogens with two attached hydrogens (primary N) is 2. The summed E-state index contributed by atoms with van der Waals surface area (Å²) in [7, 11) is 0. The third-order valence-electron chi connectivity index (χ3n) is 9.85. The van der Waals surface area contributed by atoms with Crippen LogP contribution in [0.15, 0.2) is 0 Å². The molecule has 8 rings (SSSR count). The lowest BCUT2D eigenvalue weighted by molar-refractivity contribution is -0.882. The van der Waals surface area contributed by atoms with E-state index >= 15 is 0 Å². The highest BCUT2D eigenvalue weighted by molar-refractivity contribution is 5.17.